The fraction of sp³-hybridized carbons (Fsp3) is 0.579. The van der Waals surface area contributed by atoms with Crippen molar-refractivity contribution in [2.45, 2.75) is 123 Å². The van der Waals surface area contributed by atoms with Gasteiger partial charge in [0.05, 0.1) is 0 Å². The molecule has 226 valence electrons. The third-order valence-electron chi connectivity index (χ3n) is 8.19. The molecule has 3 rings (SSSR count). The summed E-state index contributed by atoms with van der Waals surface area (Å²) in [5, 5.41) is 0.998. The maximum Gasteiger partial charge on any atom is 0.0232 e. The lowest BCUT2D eigenvalue weighted by atomic mass is 9.80. The second-order valence-corrected chi connectivity index (χ2v) is 18.9. The molecule has 2 aromatic rings. The maximum atomic E-state index is 3.83. The van der Waals surface area contributed by atoms with Crippen LogP contribution < -0.4 is 0 Å². The van der Waals surface area contributed by atoms with Gasteiger partial charge in [0.25, 0.3) is 0 Å². The van der Waals surface area contributed by atoms with Gasteiger partial charge in [0, 0.05) is 21.7 Å². The first-order valence-corrected chi connectivity index (χ1v) is 18.3. The highest BCUT2D eigenvalue weighted by Crippen LogP contribution is 2.42. The summed E-state index contributed by atoms with van der Waals surface area (Å²) in [4.78, 5) is 2.92. The molecule has 0 saturated carbocycles. The molecule has 0 bridgehead atoms. The van der Waals surface area contributed by atoms with Gasteiger partial charge in [-0.05, 0) is 77.9 Å². The van der Waals surface area contributed by atoms with Crippen LogP contribution in [0.1, 0.15) is 123 Å². The molecule has 2 aromatic carbocycles. The van der Waals surface area contributed by atoms with Crippen LogP contribution in [0.3, 0.4) is 0 Å². The number of alkyl halides is 1. The number of hydrogen-bond donors (Lipinski definition) is 0. The lowest BCUT2D eigenvalue weighted by molar-refractivity contribution is 0.554. The van der Waals surface area contributed by atoms with Crippen LogP contribution in [0.5, 0.6) is 0 Å². The van der Waals surface area contributed by atoms with Gasteiger partial charge in [-0.15, -0.1) is 23.5 Å². The van der Waals surface area contributed by atoms with Crippen molar-refractivity contribution in [2.24, 2.45) is 11.8 Å². The van der Waals surface area contributed by atoms with E-state index in [1.165, 1.54) is 43.2 Å². The van der Waals surface area contributed by atoms with E-state index in [0.717, 1.165) is 16.8 Å². The van der Waals surface area contributed by atoms with Crippen LogP contribution in [-0.2, 0) is 33.2 Å². The van der Waals surface area contributed by atoms with Gasteiger partial charge in [-0.25, -0.2) is 0 Å². The number of rotatable bonds is 7. The normalized spacial score (nSPS) is 18.8. The Morgan fingerprint density at radius 2 is 0.951 bits per heavy atom. The van der Waals surface area contributed by atoms with Gasteiger partial charge in [0.2, 0.25) is 0 Å². The van der Waals surface area contributed by atoms with Crippen LogP contribution in [0.4, 0.5) is 0 Å². The van der Waals surface area contributed by atoms with Crippen LogP contribution in [0, 0.1) is 11.8 Å². The number of halogens is 1. The molecule has 0 N–H and O–H groups in total. The lowest BCUT2D eigenvalue weighted by Gasteiger charge is -2.29. The Balaban J connectivity index is 1.86. The summed E-state index contributed by atoms with van der Waals surface area (Å²) in [5.41, 5.74) is 9.18. The van der Waals surface area contributed by atoms with Crippen molar-refractivity contribution in [3.05, 3.63) is 91.7 Å². The minimum atomic E-state index is 0.141. The Hall–Kier alpha value is -0.900. The topological polar surface area (TPSA) is 0 Å². The molecule has 0 nitrogen and oxygen atoms in total. The largest absolute Gasteiger partial charge is 0.125 e. The van der Waals surface area contributed by atoms with E-state index in [1.54, 1.807) is 0 Å². The average Bonchev–Trinajstić information content (AvgIpc) is 2.84. The molecule has 0 spiro atoms. The summed E-state index contributed by atoms with van der Waals surface area (Å²) < 4.78 is 0. The highest BCUT2D eigenvalue weighted by atomic mass is 79.9. The van der Waals surface area contributed by atoms with E-state index in [-0.39, 0.29) is 21.7 Å². The molecule has 2 unspecified atom stereocenters. The molecule has 41 heavy (non-hydrogen) atoms. The Labute approximate surface area is 270 Å². The maximum absolute atomic E-state index is 3.83. The Morgan fingerprint density at radius 1 is 0.585 bits per heavy atom. The molecule has 0 amide bonds. The van der Waals surface area contributed by atoms with Crippen LogP contribution in [0.2, 0.25) is 0 Å². The minimum Gasteiger partial charge on any atom is -0.125 e. The molecule has 1 aliphatic rings. The van der Waals surface area contributed by atoms with E-state index in [4.69, 9.17) is 0 Å². The van der Waals surface area contributed by atoms with Crippen molar-refractivity contribution in [2.75, 3.05) is 5.33 Å². The smallest absolute Gasteiger partial charge is 0.0232 e. The summed E-state index contributed by atoms with van der Waals surface area (Å²) >= 11 is 7.87. The highest BCUT2D eigenvalue weighted by Gasteiger charge is 2.26. The quantitative estimate of drug-likeness (QED) is 0.272. The van der Waals surface area contributed by atoms with Crippen molar-refractivity contribution in [1.82, 2.24) is 0 Å². The predicted octanol–water partition coefficient (Wildman–Crippen LogP) is 12.5. The van der Waals surface area contributed by atoms with Crippen molar-refractivity contribution in [1.29, 1.82) is 0 Å². The van der Waals surface area contributed by atoms with Gasteiger partial charge < -0.3 is 0 Å². The lowest BCUT2D eigenvalue weighted by Crippen LogP contribution is -2.17. The number of allylic oxidation sites excluding steroid dienone is 3. The molecule has 2 atom stereocenters. The van der Waals surface area contributed by atoms with Gasteiger partial charge in [0.1, 0.15) is 0 Å². The Morgan fingerprint density at radius 3 is 1.29 bits per heavy atom. The summed E-state index contributed by atoms with van der Waals surface area (Å²) in [7, 11) is 0. The molecule has 0 heterocycles. The molecule has 0 fully saturated rings. The second kappa shape index (κ2) is 13.0. The van der Waals surface area contributed by atoms with E-state index in [1.807, 2.05) is 23.5 Å². The first-order valence-electron chi connectivity index (χ1n) is 15.2. The second-order valence-electron chi connectivity index (χ2n) is 16.1. The Kier molecular flexibility index (Phi) is 11.0. The number of thioether (sulfide) groups is 2. The SMILES string of the molecule is CC1C(SCc2cc(C(C)(C)C)cc(C(C)(C)C)c2)=CC(SCc2cc(C(C)(C)C)cc(C(C)(C)C)c2)=CC1CBr. The zero-order valence-electron chi connectivity index (χ0n) is 28.1. The predicted molar refractivity (Wildman–Crippen MR) is 193 cm³/mol. The van der Waals surface area contributed by atoms with Crippen molar-refractivity contribution >= 4 is 39.5 Å². The summed E-state index contributed by atoms with van der Waals surface area (Å²) in [5.74, 6) is 3.05. The highest BCUT2D eigenvalue weighted by molar-refractivity contribution is 9.09. The molecular weight excluding hydrogens is 600 g/mol. The van der Waals surface area contributed by atoms with E-state index in [9.17, 15) is 0 Å². The Bertz CT molecular complexity index is 1200. The van der Waals surface area contributed by atoms with E-state index >= 15 is 0 Å². The molecule has 0 aliphatic heterocycles. The van der Waals surface area contributed by atoms with Gasteiger partial charge in [-0.1, -0.05) is 148 Å². The monoisotopic (exact) mass is 654 g/mol. The first kappa shape index (κ1) is 34.6. The van der Waals surface area contributed by atoms with E-state index in [0.29, 0.717) is 11.8 Å². The number of benzene rings is 2. The van der Waals surface area contributed by atoms with E-state index < -0.39 is 0 Å². The minimum absolute atomic E-state index is 0.141. The third-order valence-corrected chi connectivity index (χ3v) is 11.3. The summed E-state index contributed by atoms with van der Waals surface area (Å²) in [6, 6.07) is 14.6. The van der Waals surface area contributed by atoms with Crippen LogP contribution in [-0.4, -0.2) is 5.33 Å². The summed E-state index contributed by atoms with van der Waals surface area (Å²) in [6.45, 7) is 30.3. The molecule has 1 aliphatic carbocycles. The van der Waals surface area contributed by atoms with Crippen LogP contribution in [0.15, 0.2) is 58.4 Å². The zero-order valence-corrected chi connectivity index (χ0v) is 31.3. The van der Waals surface area contributed by atoms with Gasteiger partial charge in [0.15, 0.2) is 0 Å². The van der Waals surface area contributed by atoms with Gasteiger partial charge in [-0.3, -0.25) is 0 Å². The fourth-order valence-corrected chi connectivity index (χ4v) is 7.89. The summed E-state index contributed by atoms with van der Waals surface area (Å²) in [6.07, 6.45) is 4.99. The standard InChI is InChI=1S/C38H55BrS2/c1-25-28(22-39)18-33(40-23-26-14-29(35(2,3)4)19-30(15-26)36(5,6)7)21-34(25)41-24-27-16-31(37(8,9)10)20-32(17-27)38(11,12)13/h14-21,25,28H,22-24H2,1-13H3. The van der Waals surface area contributed by atoms with Crippen LogP contribution in [0.25, 0.3) is 0 Å². The molecule has 3 heteroatoms. The van der Waals surface area contributed by atoms with Crippen molar-refractivity contribution in [3.8, 4) is 0 Å². The zero-order chi connectivity index (χ0) is 31.0. The first-order chi connectivity index (χ1) is 18.7. The molecular formula is C38H55BrS2. The third kappa shape index (κ3) is 9.54. The number of hydrogen-bond acceptors (Lipinski definition) is 2. The van der Waals surface area contributed by atoms with Crippen LogP contribution >= 0.6 is 39.5 Å². The molecule has 0 aromatic heterocycles. The molecule has 0 saturated heterocycles. The van der Waals surface area contributed by atoms with E-state index in [2.05, 4.69) is 154 Å². The van der Waals surface area contributed by atoms with Crippen molar-refractivity contribution < 1.29 is 0 Å². The molecule has 0 radical (unpaired) electrons. The van der Waals surface area contributed by atoms with Gasteiger partial charge >= 0.3 is 0 Å². The van der Waals surface area contributed by atoms with Crippen molar-refractivity contribution in [3.63, 3.8) is 0 Å². The fourth-order valence-electron chi connectivity index (χ4n) is 4.94. The average molecular weight is 656 g/mol. The van der Waals surface area contributed by atoms with Gasteiger partial charge in [-0.2, -0.15) is 0 Å².